The summed E-state index contributed by atoms with van der Waals surface area (Å²) >= 11 is 5.74. The van der Waals surface area contributed by atoms with Gasteiger partial charge in [0.15, 0.2) is 5.11 Å². The number of ether oxygens (including phenoxy) is 1. The average molecular weight is 427 g/mol. The molecule has 2 atom stereocenters. The number of esters is 1. The number of hydrogen-bond acceptors (Lipinski definition) is 4. The molecular weight excluding hydrogens is 396 g/mol. The van der Waals surface area contributed by atoms with Crippen LogP contribution in [0.5, 0.6) is 0 Å². The van der Waals surface area contributed by atoms with Crippen LogP contribution in [0.3, 0.4) is 0 Å². The van der Waals surface area contributed by atoms with Crippen molar-refractivity contribution in [2.75, 3.05) is 13.7 Å². The molecule has 30 heavy (non-hydrogen) atoms. The Morgan fingerprint density at radius 3 is 2.80 bits per heavy atom. The summed E-state index contributed by atoms with van der Waals surface area (Å²) in [6.07, 6.45) is 11.5. The Kier molecular flexibility index (Phi) is 6.67. The van der Waals surface area contributed by atoms with E-state index in [0.29, 0.717) is 25.4 Å². The summed E-state index contributed by atoms with van der Waals surface area (Å²) in [7, 11) is 1.43. The fourth-order valence-corrected chi connectivity index (χ4v) is 5.14. The Bertz CT molecular complexity index is 863. The fraction of sp³-hybridized carbons (Fsp3) is 0.522. The van der Waals surface area contributed by atoms with Gasteiger partial charge < -0.3 is 19.5 Å². The van der Waals surface area contributed by atoms with Gasteiger partial charge in [-0.2, -0.15) is 0 Å². The summed E-state index contributed by atoms with van der Waals surface area (Å²) in [5.74, 6) is -0.184. The van der Waals surface area contributed by atoms with E-state index < -0.39 is 0 Å². The molecule has 2 aromatic heterocycles. The highest BCUT2D eigenvalue weighted by Crippen LogP contribution is 2.41. The van der Waals surface area contributed by atoms with E-state index in [2.05, 4.69) is 44.2 Å². The smallest absolute Gasteiger partial charge is 0.305 e. The van der Waals surface area contributed by atoms with Crippen molar-refractivity contribution < 1.29 is 9.53 Å². The number of rotatable bonds is 7. The van der Waals surface area contributed by atoms with Crippen LogP contribution < -0.4 is 5.32 Å². The quantitative estimate of drug-likeness (QED) is 0.526. The molecule has 2 fully saturated rings. The van der Waals surface area contributed by atoms with Crippen LogP contribution in [0.4, 0.5) is 0 Å². The standard InChI is InChI=1S/C23H30N4O2S/c1-29-20(28)13-8-16-27-22(21(25-23(27)30)18-11-5-6-14-24-18)19-12-7-15-26(19)17-9-3-2-4-10-17/h5-7,11-12,14-15,17,21-22H,2-4,8-10,13,16H2,1H3,(H,25,30)/t21-,22+/m0/s1. The molecule has 6 nitrogen and oxygen atoms in total. The van der Waals surface area contributed by atoms with Gasteiger partial charge in [-0.3, -0.25) is 9.78 Å². The Labute approximate surface area is 183 Å². The Hall–Kier alpha value is -2.41. The zero-order valence-electron chi connectivity index (χ0n) is 17.5. The van der Waals surface area contributed by atoms with Gasteiger partial charge in [0.05, 0.1) is 24.9 Å². The first-order valence-electron chi connectivity index (χ1n) is 10.9. The van der Waals surface area contributed by atoms with Crippen LogP contribution in [0.15, 0.2) is 42.7 Å². The molecule has 1 N–H and O–H groups in total. The highest BCUT2D eigenvalue weighted by atomic mass is 32.1. The first-order chi connectivity index (χ1) is 14.7. The molecule has 0 aromatic carbocycles. The van der Waals surface area contributed by atoms with Gasteiger partial charge in [-0.1, -0.05) is 25.3 Å². The third-order valence-corrected chi connectivity index (χ3v) is 6.64. The van der Waals surface area contributed by atoms with Crippen LogP contribution in [0, 0.1) is 0 Å². The third kappa shape index (κ3) is 4.36. The second-order valence-electron chi connectivity index (χ2n) is 8.13. The maximum Gasteiger partial charge on any atom is 0.305 e. The van der Waals surface area contributed by atoms with Crippen molar-refractivity contribution in [3.05, 3.63) is 54.1 Å². The highest BCUT2D eigenvalue weighted by molar-refractivity contribution is 7.80. The van der Waals surface area contributed by atoms with Crippen molar-refractivity contribution in [2.45, 2.75) is 63.1 Å². The fourth-order valence-electron chi connectivity index (χ4n) is 4.81. The zero-order chi connectivity index (χ0) is 20.9. The lowest BCUT2D eigenvalue weighted by Gasteiger charge is -2.32. The number of aromatic nitrogens is 2. The number of nitrogens with one attached hydrogen (secondary N) is 1. The van der Waals surface area contributed by atoms with Crippen LogP contribution in [-0.2, 0) is 9.53 Å². The van der Waals surface area contributed by atoms with Crippen molar-refractivity contribution in [3.63, 3.8) is 0 Å². The summed E-state index contributed by atoms with van der Waals surface area (Å²) in [6.45, 7) is 0.699. The molecular formula is C23H30N4O2S. The summed E-state index contributed by atoms with van der Waals surface area (Å²) in [5.41, 5.74) is 2.25. The molecule has 1 aliphatic carbocycles. The third-order valence-electron chi connectivity index (χ3n) is 6.29. The van der Waals surface area contributed by atoms with E-state index in [1.807, 2.05) is 18.3 Å². The molecule has 1 saturated heterocycles. The van der Waals surface area contributed by atoms with Crippen LogP contribution >= 0.6 is 12.2 Å². The predicted octanol–water partition coefficient (Wildman–Crippen LogP) is 4.31. The van der Waals surface area contributed by atoms with E-state index in [1.165, 1.54) is 44.9 Å². The maximum absolute atomic E-state index is 11.6. The first-order valence-corrected chi connectivity index (χ1v) is 11.3. The van der Waals surface area contributed by atoms with Crippen molar-refractivity contribution in [2.24, 2.45) is 0 Å². The lowest BCUT2D eigenvalue weighted by molar-refractivity contribution is -0.140. The molecule has 160 valence electrons. The molecule has 0 unspecified atom stereocenters. The number of pyridine rings is 1. The molecule has 7 heteroatoms. The number of hydrogen-bond donors (Lipinski definition) is 1. The first kappa shape index (κ1) is 20.8. The summed E-state index contributed by atoms with van der Waals surface area (Å²) in [5, 5.41) is 4.23. The second kappa shape index (κ2) is 9.60. The minimum Gasteiger partial charge on any atom is -0.469 e. The van der Waals surface area contributed by atoms with E-state index in [4.69, 9.17) is 17.0 Å². The largest absolute Gasteiger partial charge is 0.469 e. The number of nitrogens with zero attached hydrogens (tertiary/aromatic N) is 3. The van der Waals surface area contributed by atoms with Gasteiger partial charge >= 0.3 is 5.97 Å². The Balaban J connectivity index is 1.64. The van der Waals surface area contributed by atoms with E-state index in [9.17, 15) is 4.79 Å². The maximum atomic E-state index is 11.6. The lowest BCUT2D eigenvalue weighted by atomic mass is 9.94. The Morgan fingerprint density at radius 2 is 2.07 bits per heavy atom. The second-order valence-corrected chi connectivity index (χ2v) is 8.52. The highest BCUT2D eigenvalue weighted by Gasteiger charge is 2.41. The van der Waals surface area contributed by atoms with Gasteiger partial charge in [0.2, 0.25) is 0 Å². The summed E-state index contributed by atoms with van der Waals surface area (Å²) in [4.78, 5) is 18.5. The SMILES string of the molecule is COC(=O)CCCN1C(=S)N[C@@H](c2ccccn2)[C@H]1c1cccn1C1CCCCC1. The van der Waals surface area contributed by atoms with Gasteiger partial charge in [0.1, 0.15) is 0 Å². The van der Waals surface area contributed by atoms with E-state index in [-0.39, 0.29) is 18.1 Å². The molecule has 3 heterocycles. The number of carbonyl (C=O) groups is 1. The molecule has 1 saturated carbocycles. The van der Waals surface area contributed by atoms with Crippen molar-refractivity contribution in [1.29, 1.82) is 0 Å². The molecule has 2 aromatic rings. The van der Waals surface area contributed by atoms with Gasteiger partial charge in [-0.05, 0) is 55.7 Å². The van der Waals surface area contributed by atoms with Crippen LogP contribution in [0.25, 0.3) is 0 Å². The topological polar surface area (TPSA) is 59.4 Å². The van der Waals surface area contributed by atoms with E-state index in [1.54, 1.807) is 0 Å². The molecule has 0 radical (unpaired) electrons. The van der Waals surface area contributed by atoms with Crippen molar-refractivity contribution in [3.8, 4) is 0 Å². The van der Waals surface area contributed by atoms with Crippen LogP contribution in [0.1, 0.15) is 74.5 Å². The van der Waals surface area contributed by atoms with E-state index in [0.717, 1.165) is 10.8 Å². The van der Waals surface area contributed by atoms with Crippen molar-refractivity contribution in [1.82, 2.24) is 19.8 Å². The van der Waals surface area contributed by atoms with Gasteiger partial charge in [0, 0.05) is 37.1 Å². The monoisotopic (exact) mass is 426 g/mol. The summed E-state index contributed by atoms with van der Waals surface area (Å²) < 4.78 is 7.27. The minimum absolute atomic E-state index is 0.0194. The lowest BCUT2D eigenvalue weighted by Crippen LogP contribution is -2.32. The number of methoxy groups -OCH3 is 1. The molecule has 4 rings (SSSR count). The molecule has 1 aliphatic heterocycles. The normalized spacial score (nSPS) is 22.2. The molecule has 0 spiro atoms. The zero-order valence-corrected chi connectivity index (χ0v) is 18.3. The minimum atomic E-state index is -0.184. The van der Waals surface area contributed by atoms with E-state index >= 15 is 0 Å². The molecule has 2 aliphatic rings. The predicted molar refractivity (Wildman–Crippen MR) is 120 cm³/mol. The molecule has 0 amide bonds. The van der Waals surface area contributed by atoms with Gasteiger partial charge in [-0.15, -0.1) is 0 Å². The number of carbonyl (C=O) groups excluding carboxylic acids is 1. The molecule has 0 bridgehead atoms. The van der Waals surface area contributed by atoms with Crippen LogP contribution in [0.2, 0.25) is 0 Å². The van der Waals surface area contributed by atoms with Crippen LogP contribution in [-0.4, -0.2) is 39.2 Å². The van der Waals surface area contributed by atoms with Gasteiger partial charge in [0.25, 0.3) is 0 Å². The van der Waals surface area contributed by atoms with Crippen molar-refractivity contribution >= 4 is 23.3 Å². The Morgan fingerprint density at radius 1 is 1.23 bits per heavy atom. The average Bonchev–Trinajstić information content (AvgIpc) is 3.39. The van der Waals surface area contributed by atoms with Gasteiger partial charge in [-0.25, -0.2) is 0 Å². The summed E-state index contributed by atoms with van der Waals surface area (Å²) in [6, 6.07) is 10.9. The number of thiocarbonyl (C=S) groups is 1.